The highest BCUT2D eigenvalue weighted by Gasteiger charge is 2.17. The van der Waals surface area contributed by atoms with E-state index in [0.717, 1.165) is 12.5 Å². The Kier molecular flexibility index (Phi) is 2.65. The lowest BCUT2D eigenvalue weighted by atomic mass is 10.2. The van der Waals surface area contributed by atoms with Gasteiger partial charge in [-0.25, -0.2) is 0 Å². The van der Waals surface area contributed by atoms with E-state index in [1.165, 1.54) is 25.1 Å². The highest BCUT2D eigenvalue weighted by molar-refractivity contribution is 5.14. The third-order valence-electron chi connectivity index (χ3n) is 2.76. The number of hydrogen-bond acceptors (Lipinski definition) is 1. The molecule has 0 saturated carbocycles. The van der Waals surface area contributed by atoms with E-state index >= 15 is 0 Å². The van der Waals surface area contributed by atoms with Crippen LogP contribution < -0.4 is 0 Å². The molecule has 0 aromatic heterocycles. The quantitative estimate of drug-likeness (QED) is 0.667. The Morgan fingerprint density at radius 2 is 2.08 bits per heavy atom. The molecule has 0 radical (unpaired) electrons. The molecule has 1 nitrogen and oxygen atoms in total. The zero-order chi connectivity index (χ0) is 9.10. The summed E-state index contributed by atoms with van der Waals surface area (Å²) < 4.78 is 0. The molecule has 1 unspecified atom stereocenters. The molecule has 1 aliphatic rings. The van der Waals surface area contributed by atoms with E-state index in [4.69, 9.17) is 0 Å². The molecule has 1 atom stereocenters. The Balaban J connectivity index is 1.92. The molecule has 70 valence electrons. The average molecular weight is 175 g/mol. The molecule has 13 heavy (non-hydrogen) atoms. The molecular weight excluding hydrogens is 158 g/mol. The number of likely N-dealkylation sites (tertiary alicyclic amines) is 1. The second kappa shape index (κ2) is 3.93. The predicted octanol–water partition coefficient (Wildman–Crippen LogP) is 2.53. The van der Waals surface area contributed by atoms with Crippen LogP contribution in [0.4, 0.5) is 0 Å². The molecular formula is C12H17N. The summed E-state index contributed by atoms with van der Waals surface area (Å²) in [5.74, 6) is 0.892. The smallest absolute Gasteiger partial charge is 0.0233 e. The van der Waals surface area contributed by atoms with Gasteiger partial charge in [0.2, 0.25) is 0 Å². The van der Waals surface area contributed by atoms with Crippen molar-refractivity contribution in [3.8, 4) is 0 Å². The summed E-state index contributed by atoms with van der Waals surface area (Å²) >= 11 is 0. The van der Waals surface area contributed by atoms with E-state index in [1.54, 1.807) is 0 Å². The fourth-order valence-corrected chi connectivity index (χ4v) is 2.01. The topological polar surface area (TPSA) is 3.24 Å². The van der Waals surface area contributed by atoms with Crippen LogP contribution >= 0.6 is 0 Å². The van der Waals surface area contributed by atoms with Gasteiger partial charge in [0, 0.05) is 13.1 Å². The lowest BCUT2D eigenvalue weighted by molar-refractivity contribution is 0.320. The summed E-state index contributed by atoms with van der Waals surface area (Å²) in [7, 11) is 0. The zero-order valence-electron chi connectivity index (χ0n) is 8.24. The minimum atomic E-state index is 0.892. The van der Waals surface area contributed by atoms with Crippen molar-refractivity contribution in [2.24, 2.45) is 5.92 Å². The minimum absolute atomic E-state index is 0.892. The van der Waals surface area contributed by atoms with Gasteiger partial charge in [0.15, 0.2) is 0 Å². The average Bonchev–Trinajstić information content (AvgIpc) is 2.53. The second-order valence-corrected chi connectivity index (χ2v) is 4.11. The minimum Gasteiger partial charge on any atom is -0.299 e. The van der Waals surface area contributed by atoms with Crippen LogP contribution in [0.25, 0.3) is 0 Å². The molecule has 0 amide bonds. The Labute approximate surface area is 80.4 Å². The third kappa shape index (κ3) is 2.31. The highest BCUT2D eigenvalue weighted by atomic mass is 15.1. The largest absolute Gasteiger partial charge is 0.299 e. The Bertz CT molecular complexity index is 255. The van der Waals surface area contributed by atoms with Gasteiger partial charge in [-0.3, -0.25) is 4.90 Å². The fraction of sp³-hybridized carbons (Fsp3) is 0.500. The van der Waals surface area contributed by atoms with Crippen molar-refractivity contribution in [2.75, 3.05) is 13.1 Å². The molecule has 2 rings (SSSR count). The van der Waals surface area contributed by atoms with E-state index in [2.05, 4.69) is 42.2 Å². The lowest BCUT2D eigenvalue weighted by Crippen LogP contribution is -2.19. The van der Waals surface area contributed by atoms with E-state index in [1.807, 2.05) is 0 Å². The molecule has 1 saturated heterocycles. The number of benzene rings is 1. The Morgan fingerprint density at radius 3 is 2.69 bits per heavy atom. The van der Waals surface area contributed by atoms with E-state index < -0.39 is 0 Å². The Morgan fingerprint density at radius 1 is 1.31 bits per heavy atom. The number of nitrogens with zero attached hydrogens (tertiary/aromatic N) is 1. The van der Waals surface area contributed by atoms with Gasteiger partial charge >= 0.3 is 0 Å². The SMILES string of the molecule is CC1CCN(Cc2ccccc2)C1. The van der Waals surface area contributed by atoms with Gasteiger partial charge < -0.3 is 0 Å². The van der Waals surface area contributed by atoms with Crippen LogP contribution in [0, 0.1) is 5.92 Å². The standard InChI is InChI=1S/C12H17N/c1-11-7-8-13(9-11)10-12-5-3-2-4-6-12/h2-6,11H,7-10H2,1H3. The predicted molar refractivity (Wildman–Crippen MR) is 55.5 cm³/mol. The van der Waals surface area contributed by atoms with Crippen molar-refractivity contribution < 1.29 is 0 Å². The van der Waals surface area contributed by atoms with Crippen LogP contribution in [0.1, 0.15) is 18.9 Å². The first-order valence-electron chi connectivity index (χ1n) is 5.11. The lowest BCUT2D eigenvalue weighted by Gasteiger charge is -2.14. The van der Waals surface area contributed by atoms with Crippen LogP contribution in [0.3, 0.4) is 0 Å². The first-order valence-corrected chi connectivity index (χ1v) is 5.11. The van der Waals surface area contributed by atoms with Crippen molar-refractivity contribution in [3.05, 3.63) is 35.9 Å². The van der Waals surface area contributed by atoms with Crippen LogP contribution in [0.2, 0.25) is 0 Å². The van der Waals surface area contributed by atoms with E-state index in [-0.39, 0.29) is 0 Å². The number of rotatable bonds is 2. The fourth-order valence-electron chi connectivity index (χ4n) is 2.01. The van der Waals surface area contributed by atoms with Gasteiger partial charge in [-0.05, 0) is 24.4 Å². The molecule has 0 bridgehead atoms. The number of hydrogen-bond donors (Lipinski definition) is 0. The van der Waals surface area contributed by atoms with Gasteiger partial charge in [-0.2, -0.15) is 0 Å². The van der Waals surface area contributed by atoms with Gasteiger partial charge in [0.1, 0.15) is 0 Å². The van der Waals surface area contributed by atoms with Gasteiger partial charge in [0.25, 0.3) is 0 Å². The first-order chi connectivity index (χ1) is 6.34. The van der Waals surface area contributed by atoms with E-state index in [0.29, 0.717) is 0 Å². The zero-order valence-corrected chi connectivity index (χ0v) is 8.24. The van der Waals surface area contributed by atoms with Crippen LogP contribution in [-0.4, -0.2) is 18.0 Å². The summed E-state index contributed by atoms with van der Waals surface area (Å²) in [6.45, 7) is 6.02. The van der Waals surface area contributed by atoms with E-state index in [9.17, 15) is 0 Å². The summed E-state index contributed by atoms with van der Waals surface area (Å²) in [5.41, 5.74) is 1.44. The molecule has 1 heterocycles. The van der Waals surface area contributed by atoms with Crippen LogP contribution in [0.5, 0.6) is 0 Å². The van der Waals surface area contributed by atoms with Crippen molar-refractivity contribution in [2.45, 2.75) is 19.9 Å². The summed E-state index contributed by atoms with van der Waals surface area (Å²) in [6, 6.07) is 10.7. The van der Waals surface area contributed by atoms with Crippen LogP contribution in [0.15, 0.2) is 30.3 Å². The first kappa shape index (κ1) is 8.76. The summed E-state index contributed by atoms with van der Waals surface area (Å²) in [5, 5.41) is 0. The molecule has 1 aliphatic heterocycles. The monoisotopic (exact) mass is 175 g/mol. The van der Waals surface area contributed by atoms with Crippen LogP contribution in [-0.2, 0) is 6.54 Å². The van der Waals surface area contributed by atoms with Crippen molar-refractivity contribution in [3.63, 3.8) is 0 Å². The van der Waals surface area contributed by atoms with Crippen molar-refractivity contribution >= 4 is 0 Å². The second-order valence-electron chi connectivity index (χ2n) is 4.11. The maximum absolute atomic E-state index is 2.54. The van der Waals surface area contributed by atoms with Gasteiger partial charge in [-0.1, -0.05) is 37.3 Å². The third-order valence-corrected chi connectivity index (χ3v) is 2.76. The van der Waals surface area contributed by atoms with Gasteiger partial charge in [0.05, 0.1) is 0 Å². The van der Waals surface area contributed by atoms with Crippen molar-refractivity contribution in [1.29, 1.82) is 0 Å². The normalized spacial score (nSPS) is 23.6. The maximum atomic E-state index is 2.54. The summed E-state index contributed by atoms with van der Waals surface area (Å²) in [4.78, 5) is 2.54. The molecule has 0 aliphatic carbocycles. The van der Waals surface area contributed by atoms with Gasteiger partial charge in [-0.15, -0.1) is 0 Å². The molecule has 1 aromatic rings. The molecule has 1 aromatic carbocycles. The highest BCUT2D eigenvalue weighted by Crippen LogP contribution is 2.17. The molecule has 1 fully saturated rings. The molecule has 1 heteroatoms. The van der Waals surface area contributed by atoms with Crippen molar-refractivity contribution in [1.82, 2.24) is 4.90 Å². The summed E-state index contributed by atoms with van der Waals surface area (Å²) in [6.07, 6.45) is 1.37. The molecule has 0 spiro atoms. The molecule has 0 N–H and O–H groups in total. The Hall–Kier alpha value is -0.820. The maximum Gasteiger partial charge on any atom is 0.0233 e.